The van der Waals surface area contributed by atoms with E-state index in [0.29, 0.717) is 24.2 Å². The highest BCUT2D eigenvalue weighted by Crippen LogP contribution is 2.47. The zero-order valence-electron chi connectivity index (χ0n) is 42.9. The van der Waals surface area contributed by atoms with Crippen LogP contribution in [0, 0.1) is 0 Å². The minimum Gasteiger partial charge on any atom is -0.508 e. The topological polar surface area (TPSA) is 124 Å². The molecule has 1 aliphatic rings. The molecule has 0 amide bonds. The first-order valence-corrected chi connectivity index (χ1v) is 25.8. The Morgan fingerprint density at radius 2 is 0.986 bits per heavy atom. The number of hydrogen-bond acceptors (Lipinski definition) is 11. The first-order chi connectivity index (χ1) is 33.9. The van der Waals surface area contributed by atoms with Gasteiger partial charge in [0.2, 0.25) is 0 Å². The van der Waals surface area contributed by atoms with Crippen molar-refractivity contribution in [2.45, 2.75) is 153 Å². The monoisotopic (exact) mass is 959 g/mol. The van der Waals surface area contributed by atoms with Crippen molar-refractivity contribution in [1.29, 1.82) is 0 Å². The van der Waals surface area contributed by atoms with Crippen molar-refractivity contribution in [2.24, 2.45) is 0 Å². The Bertz CT molecular complexity index is 1900. The van der Waals surface area contributed by atoms with Crippen LogP contribution in [0.3, 0.4) is 0 Å². The van der Waals surface area contributed by atoms with E-state index >= 15 is 0 Å². The second-order valence-electron chi connectivity index (χ2n) is 18.2. The van der Waals surface area contributed by atoms with E-state index in [2.05, 4.69) is 32.0 Å². The molecule has 0 aromatic heterocycles. The van der Waals surface area contributed by atoms with Crippen molar-refractivity contribution in [3.05, 3.63) is 107 Å². The second kappa shape index (κ2) is 34.7. The van der Waals surface area contributed by atoms with Gasteiger partial charge in [-0.05, 0) is 83.3 Å². The fourth-order valence-electron chi connectivity index (χ4n) is 9.33. The minimum atomic E-state index is -0.146. The van der Waals surface area contributed by atoms with Crippen LogP contribution in [0.25, 0.3) is 0 Å². The lowest BCUT2D eigenvalue weighted by Crippen LogP contribution is -2.24. The number of unbranched alkanes of at least 4 members (excludes halogenated alkanes) is 14. The maximum Gasteiger partial charge on any atom is 0.188 e. The molecule has 11 nitrogen and oxygen atoms in total. The molecule has 0 fully saturated rings. The average Bonchev–Trinajstić information content (AvgIpc) is 3.38. The molecule has 0 aliphatic carbocycles. The van der Waals surface area contributed by atoms with Gasteiger partial charge in [-0.2, -0.15) is 0 Å². The van der Waals surface area contributed by atoms with Crippen LogP contribution in [0.5, 0.6) is 34.5 Å². The van der Waals surface area contributed by atoms with E-state index < -0.39 is 0 Å². The number of aliphatic hydroxyl groups excluding tert-OH is 1. The molecule has 4 aromatic rings. The molecule has 0 saturated heterocycles. The summed E-state index contributed by atoms with van der Waals surface area (Å²) in [5, 5.41) is 21.3. The summed E-state index contributed by atoms with van der Waals surface area (Å²) < 4.78 is 48.5. The first-order valence-electron chi connectivity index (χ1n) is 25.8. The average molecular weight is 959 g/mol. The highest BCUT2D eigenvalue weighted by atomic mass is 16.7. The highest BCUT2D eigenvalue weighted by molar-refractivity contribution is 5.47. The summed E-state index contributed by atoms with van der Waals surface area (Å²) in [6.07, 6.45) is 22.6. The molecule has 1 heterocycles. The molecule has 0 radical (unpaired) electrons. The highest BCUT2D eigenvalue weighted by Gasteiger charge is 2.32. The third kappa shape index (κ3) is 20.4. The Morgan fingerprint density at radius 3 is 1.51 bits per heavy atom. The zero-order chi connectivity index (χ0) is 49.3. The predicted molar refractivity (Wildman–Crippen MR) is 275 cm³/mol. The summed E-state index contributed by atoms with van der Waals surface area (Å²) in [5.74, 6) is 4.57. The number of phenols is 1. The molecule has 0 spiro atoms. The number of hydrogen-bond donors (Lipinski definition) is 2. The molecule has 0 saturated carbocycles. The van der Waals surface area contributed by atoms with Gasteiger partial charge in [0.1, 0.15) is 34.5 Å². The van der Waals surface area contributed by atoms with Crippen molar-refractivity contribution >= 4 is 0 Å². The Balaban J connectivity index is 0.000000301. The van der Waals surface area contributed by atoms with Crippen LogP contribution >= 0.6 is 0 Å². The summed E-state index contributed by atoms with van der Waals surface area (Å²) in [6.45, 7) is 5.97. The van der Waals surface area contributed by atoms with Crippen molar-refractivity contribution in [1.82, 2.24) is 0 Å². The predicted octanol–water partition coefficient (Wildman–Crippen LogP) is 14.2. The molecule has 4 atom stereocenters. The molecule has 11 heteroatoms. The maximum absolute atomic E-state index is 10.9. The Labute approximate surface area is 415 Å². The minimum absolute atomic E-state index is 0.0126. The van der Waals surface area contributed by atoms with Gasteiger partial charge in [-0.3, -0.25) is 0 Å². The third-order valence-corrected chi connectivity index (χ3v) is 13.1. The molecule has 4 aromatic carbocycles. The van der Waals surface area contributed by atoms with E-state index in [4.69, 9.17) is 42.6 Å². The van der Waals surface area contributed by atoms with Gasteiger partial charge >= 0.3 is 0 Å². The van der Waals surface area contributed by atoms with Gasteiger partial charge in [0, 0.05) is 52.4 Å². The lowest BCUT2D eigenvalue weighted by molar-refractivity contribution is 0.0506. The van der Waals surface area contributed by atoms with Crippen LogP contribution in [0.2, 0.25) is 0 Å². The molecular weight excluding hydrogens is 873 g/mol. The van der Waals surface area contributed by atoms with E-state index in [0.717, 1.165) is 59.8 Å². The fraction of sp³-hybridized carbons (Fsp3) is 0.586. The molecule has 1 aliphatic heterocycles. The van der Waals surface area contributed by atoms with Crippen LogP contribution in [-0.4, -0.2) is 79.0 Å². The largest absolute Gasteiger partial charge is 0.508 e. The molecule has 384 valence electrons. The van der Waals surface area contributed by atoms with E-state index in [1.807, 2.05) is 60.7 Å². The number of aliphatic hydroxyl groups is 1. The molecule has 5 rings (SSSR count). The van der Waals surface area contributed by atoms with Crippen molar-refractivity contribution in [3.63, 3.8) is 0 Å². The molecule has 0 bridgehead atoms. The lowest BCUT2D eigenvalue weighted by atomic mass is 9.77. The SMILES string of the molecule is CCCCCCCCCC[C@@H]1c2ccc(OCOC)cc2OC[C@@H]1c1ccc(OCOC)cc1.CCCCCCCCCC[C@H](c1ccc(OCOC)cc1O)[C@H](CO)c1ccc(OCOC)cc1. The van der Waals surface area contributed by atoms with Crippen LogP contribution < -0.4 is 23.7 Å². The number of aromatic hydroxyl groups is 1. The number of ether oxygens (including phenoxy) is 9. The Kier molecular flexibility index (Phi) is 28.7. The van der Waals surface area contributed by atoms with Gasteiger partial charge < -0.3 is 52.8 Å². The zero-order valence-corrected chi connectivity index (χ0v) is 42.9. The number of rotatable bonds is 35. The second-order valence-corrected chi connectivity index (χ2v) is 18.2. The first kappa shape index (κ1) is 57.1. The molecule has 69 heavy (non-hydrogen) atoms. The molecule has 0 unspecified atom stereocenters. The van der Waals surface area contributed by atoms with E-state index in [9.17, 15) is 10.2 Å². The number of fused-ring (bicyclic) bond motifs is 1. The normalized spacial score (nSPS) is 15.0. The summed E-state index contributed by atoms with van der Waals surface area (Å²) in [6, 6.07) is 27.8. The van der Waals surface area contributed by atoms with E-state index in [1.54, 1.807) is 34.5 Å². The molecule has 2 N–H and O–H groups in total. The molecular formula is C58H86O11. The van der Waals surface area contributed by atoms with Gasteiger partial charge in [0.15, 0.2) is 27.2 Å². The maximum atomic E-state index is 10.9. The fourth-order valence-corrected chi connectivity index (χ4v) is 9.33. The number of phenolic OH excluding ortho intramolecular Hbond substituents is 1. The third-order valence-electron chi connectivity index (χ3n) is 13.1. The van der Waals surface area contributed by atoms with Gasteiger partial charge in [-0.1, -0.05) is 153 Å². The Hall–Kier alpha value is -4.52. The van der Waals surface area contributed by atoms with Gasteiger partial charge in [0.25, 0.3) is 0 Å². The van der Waals surface area contributed by atoms with Crippen LogP contribution in [0.15, 0.2) is 84.9 Å². The van der Waals surface area contributed by atoms with Crippen LogP contribution in [-0.2, 0) is 18.9 Å². The van der Waals surface area contributed by atoms with Crippen LogP contribution in [0.1, 0.15) is 175 Å². The summed E-state index contributed by atoms with van der Waals surface area (Å²) in [5.41, 5.74) is 4.42. The van der Waals surface area contributed by atoms with Crippen molar-refractivity contribution in [3.8, 4) is 34.5 Å². The quantitative estimate of drug-likeness (QED) is 0.0338. The number of benzene rings is 4. The van der Waals surface area contributed by atoms with E-state index in [-0.39, 0.29) is 51.4 Å². The number of methoxy groups -OCH3 is 4. The van der Waals surface area contributed by atoms with Gasteiger partial charge in [-0.15, -0.1) is 0 Å². The summed E-state index contributed by atoms with van der Waals surface area (Å²) in [4.78, 5) is 0. The van der Waals surface area contributed by atoms with Crippen molar-refractivity contribution in [2.75, 3.05) is 68.8 Å². The van der Waals surface area contributed by atoms with Gasteiger partial charge in [0.05, 0.1) is 13.2 Å². The smallest absolute Gasteiger partial charge is 0.188 e. The standard InChI is InChI=1S/C29H44O6.C29H42O5/c1-4-5-6-7-8-9-10-11-12-26(27-18-17-25(19-29(27)31)35-22-33-3)28(20-30)23-13-15-24(16-14-23)34-21-32-2;1-4-5-6-7-8-9-10-11-12-26-27-18-17-25(34-22-31-3)19-29(27)32-20-28(26)23-13-15-24(16-14-23)33-21-30-2/h13-19,26,28,30-31H,4-12,20-22H2,1-3H3;13-19,26,28H,4-12,20-22H2,1-3H3/t2*26-,28-/m11/s1. The summed E-state index contributed by atoms with van der Waals surface area (Å²) >= 11 is 0. The Morgan fingerprint density at radius 1 is 0.522 bits per heavy atom. The van der Waals surface area contributed by atoms with Crippen molar-refractivity contribution < 1.29 is 52.8 Å². The van der Waals surface area contributed by atoms with E-state index in [1.165, 1.54) is 101 Å². The lowest BCUT2D eigenvalue weighted by Gasteiger charge is -2.34. The van der Waals surface area contributed by atoms with Crippen LogP contribution in [0.4, 0.5) is 0 Å². The van der Waals surface area contributed by atoms with Gasteiger partial charge in [-0.25, -0.2) is 0 Å². The summed E-state index contributed by atoms with van der Waals surface area (Å²) in [7, 11) is 6.41.